The number of nitrogens with zero attached hydrogens (tertiary/aromatic N) is 3. The standard InChI is InChI=1S/C25H27N3O4/c1-30-21-9-5-8-19(16-21)24(29)28(20-10-11-20)17-22-23(18-6-3-2-4-7-18)26-32-25(22)27-12-14-31-15-13-27/h2-9,16,20H,10-15,17H2,1H3. The third-order valence-electron chi connectivity index (χ3n) is 6.01. The van der Waals surface area contributed by atoms with Crippen molar-refractivity contribution in [3.8, 4) is 17.0 Å². The smallest absolute Gasteiger partial charge is 0.254 e. The zero-order valence-electron chi connectivity index (χ0n) is 18.2. The number of carbonyl (C=O) groups excluding carboxylic acids is 1. The van der Waals surface area contributed by atoms with Gasteiger partial charge >= 0.3 is 0 Å². The quantitative estimate of drug-likeness (QED) is 0.561. The van der Waals surface area contributed by atoms with E-state index in [1.807, 2.05) is 53.4 Å². The number of hydrogen-bond donors (Lipinski definition) is 0. The summed E-state index contributed by atoms with van der Waals surface area (Å²) in [5.41, 5.74) is 3.34. The van der Waals surface area contributed by atoms with Crippen LogP contribution in [0.15, 0.2) is 59.1 Å². The number of benzene rings is 2. The molecule has 1 saturated carbocycles. The van der Waals surface area contributed by atoms with Crippen molar-refractivity contribution in [3.63, 3.8) is 0 Å². The Kier molecular flexibility index (Phi) is 5.81. The van der Waals surface area contributed by atoms with Crippen molar-refractivity contribution in [2.45, 2.75) is 25.4 Å². The van der Waals surface area contributed by atoms with Gasteiger partial charge in [0, 0.05) is 30.3 Å². The van der Waals surface area contributed by atoms with Crippen molar-refractivity contribution in [2.24, 2.45) is 0 Å². The molecule has 0 radical (unpaired) electrons. The number of methoxy groups -OCH3 is 1. The number of morpholine rings is 1. The molecular formula is C25H27N3O4. The van der Waals surface area contributed by atoms with Gasteiger partial charge in [-0.2, -0.15) is 0 Å². The predicted octanol–water partition coefficient (Wildman–Crippen LogP) is 3.99. The second kappa shape index (κ2) is 9.04. The Labute approximate surface area is 187 Å². The van der Waals surface area contributed by atoms with Crippen LogP contribution in [0.3, 0.4) is 0 Å². The van der Waals surface area contributed by atoms with E-state index in [0.29, 0.717) is 31.1 Å². The first-order valence-corrected chi connectivity index (χ1v) is 11.1. The van der Waals surface area contributed by atoms with Gasteiger partial charge in [0.15, 0.2) is 0 Å². The number of hydrogen-bond acceptors (Lipinski definition) is 6. The molecule has 1 amide bonds. The summed E-state index contributed by atoms with van der Waals surface area (Å²) in [6, 6.07) is 17.6. The highest BCUT2D eigenvalue weighted by Gasteiger charge is 2.36. The van der Waals surface area contributed by atoms with Gasteiger partial charge in [0.1, 0.15) is 11.4 Å². The van der Waals surface area contributed by atoms with Crippen LogP contribution in [0.1, 0.15) is 28.8 Å². The number of ether oxygens (including phenoxy) is 2. The highest BCUT2D eigenvalue weighted by molar-refractivity contribution is 5.95. The molecule has 0 atom stereocenters. The van der Waals surface area contributed by atoms with Crippen molar-refractivity contribution in [1.82, 2.24) is 10.1 Å². The van der Waals surface area contributed by atoms with E-state index >= 15 is 0 Å². The van der Waals surface area contributed by atoms with Gasteiger partial charge in [0.2, 0.25) is 5.88 Å². The molecule has 32 heavy (non-hydrogen) atoms. The molecule has 7 nitrogen and oxygen atoms in total. The number of aromatic nitrogens is 1. The molecular weight excluding hydrogens is 406 g/mol. The van der Waals surface area contributed by atoms with Crippen LogP contribution >= 0.6 is 0 Å². The van der Waals surface area contributed by atoms with E-state index in [1.165, 1.54) is 0 Å². The predicted molar refractivity (Wildman–Crippen MR) is 121 cm³/mol. The molecule has 166 valence electrons. The third kappa shape index (κ3) is 4.21. The van der Waals surface area contributed by atoms with Gasteiger partial charge in [-0.15, -0.1) is 0 Å². The van der Waals surface area contributed by atoms with Crippen LogP contribution in [0.2, 0.25) is 0 Å². The van der Waals surface area contributed by atoms with Crippen LogP contribution in [0.4, 0.5) is 5.88 Å². The van der Waals surface area contributed by atoms with Crippen LogP contribution < -0.4 is 9.64 Å². The number of amides is 1. The molecule has 1 saturated heterocycles. The third-order valence-corrected chi connectivity index (χ3v) is 6.01. The van der Waals surface area contributed by atoms with Gasteiger partial charge in [-0.3, -0.25) is 4.79 Å². The lowest BCUT2D eigenvalue weighted by Gasteiger charge is -2.28. The normalized spacial score (nSPS) is 16.1. The summed E-state index contributed by atoms with van der Waals surface area (Å²) in [4.78, 5) is 17.7. The molecule has 0 unspecified atom stereocenters. The zero-order valence-corrected chi connectivity index (χ0v) is 18.2. The van der Waals surface area contributed by atoms with E-state index in [1.54, 1.807) is 13.2 Å². The topological polar surface area (TPSA) is 68.0 Å². The molecule has 2 heterocycles. The van der Waals surface area contributed by atoms with Crippen molar-refractivity contribution in [1.29, 1.82) is 0 Å². The molecule has 5 rings (SSSR count). The summed E-state index contributed by atoms with van der Waals surface area (Å²) in [5, 5.41) is 4.44. The fraction of sp³-hybridized carbons (Fsp3) is 0.360. The molecule has 1 aliphatic heterocycles. The lowest BCUT2D eigenvalue weighted by atomic mass is 10.1. The van der Waals surface area contributed by atoms with E-state index in [0.717, 1.165) is 48.6 Å². The Morgan fingerprint density at radius 2 is 1.91 bits per heavy atom. The lowest BCUT2D eigenvalue weighted by molar-refractivity contribution is 0.0729. The number of anilines is 1. The molecule has 0 N–H and O–H groups in total. The molecule has 1 aliphatic carbocycles. The van der Waals surface area contributed by atoms with Crippen LogP contribution in [0.5, 0.6) is 5.75 Å². The van der Waals surface area contributed by atoms with Crippen molar-refractivity contribution in [2.75, 3.05) is 38.3 Å². The average Bonchev–Trinajstić information content (AvgIpc) is 3.62. The minimum absolute atomic E-state index is 0.000427. The minimum Gasteiger partial charge on any atom is -0.497 e. The highest BCUT2D eigenvalue weighted by atomic mass is 16.5. The molecule has 0 bridgehead atoms. The van der Waals surface area contributed by atoms with E-state index < -0.39 is 0 Å². The summed E-state index contributed by atoms with van der Waals surface area (Å²) >= 11 is 0. The second-order valence-corrected chi connectivity index (χ2v) is 8.18. The average molecular weight is 434 g/mol. The summed E-state index contributed by atoms with van der Waals surface area (Å²) < 4.78 is 16.7. The summed E-state index contributed by atoms with van der Waals surface area (Å²) in [6.45, 7) is 3.22. The first-order chi connectivity index (χ1) is 15.7. The highest BCUT2D eigenvalue weighted by Crippen LogP contribution is 2.37. The number of carbonyl (C=O) groups is 1. The fourth-order valence-electron chi connectivity index (χ4n) is 4.13. The van der Waals surface area contributed by atoms with Crippen LogP contribution in [0, 0.1) is 0 Å². The molecule has 2 aromatic carbocycles. The van der Waals surface area contributed by atoms with Crippen molar-refractivity contribution < 1.29 is 18.8 Å². The Hall–Kier alpha value is -3.32. The van der Waals surface area contributed by atoms with Gasteiger partial charge in [0.05, 0.1) is 32.4 Å². The maximum Gasteiger partial charge on any atom is 0.254 e. The monoisotopic (exact) mass is 433 g/mol. The Morgan fingerprint density at radius 3 is 2.62 bits per heavy atom. The zero-order chi connectivity index (χ0) is 21.9. The molecule has 1 aromatic heterocycles. The van der Waals surface area contributed by atoms with Gasteiger partial charge in [-0.1, -0.05) is 41.6 Å². The molecule has 0 spiro atoms. The summed E-state index contributed by atoms with van der Waals surface area (Å²) in [6.07, 6.45) is 2.02. The van der Waals surface area contributed by atoms with Crippen LogP contribution in [-0.4, -0.2) is 55.4 Å². The molecule has 2 fully saturated rings. The second-order valence-electron chi connectivity index (χ2n) is 8.18. The van der Waals surface area contributed by atoms with Gasteiger partial charge in [-0.25, -0.2) is 0 Å². The minimum atomic E-state index is -0.000427. The van der Waals surface area contributed by atoms with E-state index in [4.69, 9.17) is 14.0 Å². The van der Waals surface area contributed by atoms with Gasteiger partial charge in [0.25, 0.3) is 5.91 Å². The SMILES string of the molecule is COc1cccc(C(=O)N(Cc2c(-c3ccccc3)noc2N2CCOCC2)C2CC2)c1. The summed E-state index contributed by atoms with van der Waals surface area (Å²) in [5.74, 6) is 1.41. The lowest BCUT2D eigenvalue weighted by Crippen LogP contribution is -2.37. The van der Waals surface area contributed by atoms with Gasteiger partial charge in [-0.05, 0) is 31.0 Å². The fourth-order valence-corrected chi connectivity index (χ4v) is 4.13. The van der Waals surface area contributed by atoms with Crippen LogP contribution in [-0.2, 0) is 11.3 Å². The van der Waals surface area contributed by atoms with Crippen LogP contribution in [0.25, 0.3) is 11.3 Å². The van der Waals surface area contributed by atoms with E-state index in [9.17, 15) is 4.79 Å². The maximum atomic E-state index is 13.5. The van der Waals surface area contributed by atoms with Crippen molar-refractivity contribution in [3.05, 3.63) is 65.7 Å². The maximum absolute atomic E-state index is 13.5. The number of rotatable bonds is 7. The molecule has 2 aliphatic rings. The van der Waals surface area contributed by atoms with E-state index in [2.05, 4.69) is 10.1 Å². The Morgan fingerprint density at radius 1 is 1.12 bits per heavy atom. The Bertz CT molecular complexity index is 1070. The van der Waals surface area contributed by atoms with Crippen molar-refractivity contribution >= 4 is 11.8 Å². The first kappa shape index (κ1) is 20.6. The van der Waals surface area contributed by atoms with Gasteiger partial charge < -0.3 is 23.8 Å². The Balaban J connectivity index is 1.51. The molecule has 7 heteroatoms. The van der Waals surface area contributed by atoms with E-state index in [-0.39, 0.29) is 11.9 Å². The summed E-state index contributed by atoms with van der Waals surface area (Å²) in [7, 11) is 1.61. The first-order valence-electron chi connectivity index (χ1n) is 11.1. The largest absolute Gasteiger partial charge is 0.497 e. The molecule has 3 aromatic rings.